The first-order chi connectivity index (χ1) is 23.2. The normalized spacial score (nSPS) is 15.2. The van der Waals surface area contributed by atoms with Gasteiger partial charge in [-0.2, -0.15) is 15.2 Å². The molecule has 7 nitrogen and oxygen atoms in total. The highest BCUT2D eigenvalue weighted by molar-refractivity contribution is 6.62. The third-order valence-corrected chi connectivity index (χ3v) is 9.54. The fraction of sp³-hybridized carbons (Fsp3) is 0.150. The van der Waals surface area contributed by atoms with Gasteiger partial charge < -0.3 is 9.31 Å². The van der Waals surface area contributed by atoms with Crippen LogP contribution in [0.5, 0.6) is 0 Å². The van der Waals surface area contributed by atoms with E-state index in [2.05, 4.69) is 86.9 Å². The molecule has 1 aliphatic heterocycles. The van der Waals surface area contributed by atoms with Crippen LogP contribution in [0.1, 0.15) is 33.3 Å². The van der Waals surface area contributed by atoms with Gasteiger partial charge in [-0.15, -0.1) is 0 Å². The molecule has 0 atom stereocenters. The van der Waals surface area contributed by atoms with E-state index in [1.54, 1.807) is 6.07 Å². The highest BCUT2D eigenvalue weighted by Crippen LogP contribution is 2.37. The Hall–Kier alpha value is -5.62. The Morgan fingerprint density at radius 2 is 1.15 bits per heavy atom. The van der Waals surface area contributed by atoms with E-state index in [1.165, 1.54) is 0 Å². The van der Waals surface area contributed by atoms with Crippen LogP contribution in [0.4, 0.5) is 0 Å². The smallest absolute Gasteiger partial charge is 0.399 e. The van der Waals surface area contributed by atoms with E-state index < -0.39 is 18.3 Å². The van der Waals surface area contributed by atoms with E-state index in [9.17, 15) is 5.26 Å². The zero-order valence-electron chi connectivity index (χ0n) is 27.2. The Bertz CT molecular complexity index is 2320. The lowest BCUT2D eigenvalue weighted by atomic mass is 9.78. The van der Waals surface area contributed by atoms with E-state index in [0.29, 0.717) is 23.2 Å². The van der Waals surface area contributed by atoms with Crippen LogP contribution in [0.2, 0.25) is 0 Å². The van der Waals surface area contributed by atoms with Gasteiger partial charge in [0.05, 0.1) is 33.9 Å². The van der Waals surface area contributed by atoms with Crippen molar-refractivity contribution in [2.75, 3.05) is 0 Å². The first-order valence-electron chi connectivity index (χ1n) is 16.0. The van der Waals surface area contributed by atoms with Crippen molar-refractivity contribution in [3.8, 4) is 45.9 Å². The molecule has 0 amide bonds. The maximum atomic E-state index is 9.61. The fourth-order valence-electron chi connectivity index (χ4n) is 6.24. The van der Waals surface area contributed by atoms with E-state index in [1.807, 2.05) is 66.7 Å². The zero-order valence-corrected chi connectivity index (χ0v) is 27.2. The molecule has 0 saturated carbocycles. The van der Waals surface area contributed by atoms with Crippen LogP contribution >= 0.6 is 0 Å². The summed E-state index contributed by atoms with van der Waals surface area (Å²) in [6.07, 6.45) is 0. The van der Waals surface area contributed by atoms with Crippen LogP contribution in [-0.4, -0.2) is 37.8 Å². The molecular weight excluding hydrogens is 593 g/mol. The molecule has 1 saturated heterocycles. The molecule has 0 bridgehead atoms. The molecular formula is C40H32BN5O2. The van der Waals surface area contributed by atoms with Gasteiger partial charge in [-0.25, -0.2) is 4.98 Å². The van der Waals surface area contributed by atoms with Gasteiger partial charge in [-0.05, 0) is 68.6 Å². The van der Waals surface area contributed by atoms with Gasteiger partial charge in [0.15, 0.2) is 11.6 Å². The predicted octanol–water partition coefficient (Wildman–Crippen LogP) is 8.14. The van der Waals surface area contributed by atoms with Gasteiger partial charge in [0.2, 0.25) is 5.95 Å². The summed E-state index contributed by atoms with van der Waals surface area (Å²) in [5, 5.41) is 11.8. The van der Waals surface area contributed by atoms with Gasteiger partial charge in [-0.3, -0.25) is 4.57 Å². The minimum atomic E-state index is -0.434. The van der Waals surface area contributed by atoms with Crippen molar-refractivity contribution in [1.29, 1.82) is 5.26 Å². The third kappa shape index (κ3) is 5.05. The molecule has 0 unspecified atom stereocenters. The van der Waals surface area contributed by atoms with Gasteiger partial charge in [0.25, 0.3) is 0 Å². The van der Waals surface area contributed by atoms with Crippen molar-refractivity contribution in [3.63, 3.8) is 0 Å². The van der Waals surface area contributed by atoms with Crippen molar-refractivity contribution in [3.05, 3.63) is 127 Å². The molecule has 3 heterocycles. The molecule has 232 valence electrons. The minimum absolute atomic E-state index is 0.410. The lowest BCUT2D eigenvalue weighted by Gasteiger charge is -2.32. The Morgan fingerprint density at radius 3 is 1.79 bits per heavy atom. The van der Waals surface area contributed by atoms with Crippen molar-refractivity contribution in [2.45, 2.75) is 38.9 Å². The SMILES string of the molecule is CC1(C)OB(c2cccc(-c3ccc(-c4nc(-c5cccc(C#N)c5)nc(-n5c6ccccc6c6ccccc65)n4)cc3)c2)OC1(C)C. The topological polar surface area (TPSA) is 85.9 Å². The Kier molecular flexibility index (Phi) is 6.99. The van der Waals surface area contributed by atoms with Crippen molar-refractivity contribution >= 4 is 34.4 Å². The van der Waals surface area contributed by atoms with Crippen LogP contribution in [0, 0.1) is 11.3 Å². The molecule has 0 aliphatic carbocycles. The summed E-state index contributed by atoms with van der Waals surface area (Å²) in [6.45, 7) is 8.26. The minimum Gasteiger partial charge on any atom is -0.399 e. The highest BCUT2D eigenvalue weighted by Gasteiger charge is 2.51. The molecule has 1 fully saturated rings. The second-order valence-corrected chi connectivity index (χ2v) is 13.1. The number of benzene rings is 5. The molecule has 5 aromatic carbocycles. The number of aromatic nitrogens is 4. The average Bonchev–Trinajstić information content (AvgIpc) is 3.57. The monoisotopic (exact) mass is 625 g/mol. The molecule has 7 aromatic rings. The van der Waals surface area contributed by atoms with Gasteiger partial charge in [0.1, 0.15) is 0 Å². The first kappa shape index (κ1) is 29.8. The van der Waals surface area contributed by atoms with E-state index >= 15 is 0 Å². The summed E-state index contributed by atoms with van der Waals surface area (Å²) in [7, 11) is -0.434. The highest BCUT2D eigenvalue weighted by atomic mass is 16.7. The number of rotatable bonds is 5. The molecule has 2 aromatic heterocycles. The summed E-state index contributed by atoms with van der Waals surface area (Å²) in [6, 6.07) is 42.7. The summed E-state index contributed by atoms with van der Waals surface area (Å²) in [4.78, 5) is 15.0. The first-order valence-corrected chi connectivity index (χ1v) is 16.0. The van der Waals surface area contributed by atoms with E-state index in [-0.39, 0.29) is 0 Å². The summed E-state index contributed by atoms with van der Waals surface area (Å²) >= 11 is 0. The summed E-state index contributed by atoms with van der Waals surface area (Å²) in [5.74, 6) is 1.54. The molecule has 0 N–H and O–H groups in total. The second kappa shape index (κ2) is 11.3. The van der Waals surface area contributed by atoms with Gasteiger partial charge >= 0.3 is 7.12 Å². The van der Waals surface area contributed by atoms with Crippen LogP contribution in [-0.2, 0) is 9.31 Å². The van der Waals surface area contributed by atoms with Crippen molar-refractivity contribution in [1.82, 2.24) is 19.5 Å². The molecule has 8 rings (SSSR count). The molecule has 0 spiro atoms. The lowest BCUT2D eigenvalue weighted by Crippen LogP contribution is -2.41. The van der Waals surface area contributed by atoms with Crippen LogP contribution in [0.25, 0.3) is 61.7 Å². The Morgan fingerprint density at radius 1 is 0.583 bits per heavy atom. The van der Waals surface area contributed by atoms with Crippen molar-refractivity contribution < 1.29 is 9.31 Å². The van der Waals surface area contributed by atoms with Crippen LogP contribution < -0.4 is 5.46 Å². The van der Waals surface area contributed by atoms with Gasteiger partial charge in [-0.1, -0.05) is 97.1 Å². The quantitative estimate of drug-likeness (QED) is 0.180. The molecule has 1 aliphatic rings. The maximum absolute atomic E-state index is 9.61. The number of hydrogen-bond donors (Lipinski definition) is 0. The maximum Gasteiger partial charge on any atom is 0.494 e. The van der Waals surface area contributed by atoms with E-state index in [0.717, 1.165) is 49.5 Å². The standard InChI is InChI=1S/C40H32BN5O2/c1-39(2)40(3,4)48-41(47-39)31-14-10-12-29(24-31)27-19-21-28(22-20-27)36-43-37(30-13-9-11-26(23-30)25-42)45-38(44-36)46-34-17-7-5-15-32(34)33-16-6-8-18-35(33)46/h5-24H,1-4H3. The summed E-state index contributed by atoms with van der Waals surface area (Å²) < 4.78 is 14.7. The lowest BCUT2D eigenvalue weighted by molar-refractivity contribution is 0.00578. The van der Waals surface area contributed by atoms with Gasteiger partial charge in [0, 0.05) is 21.9 Å². The third-order valence-electron chi connectivity index (χ3n) is 9.54. The molecule has 48 heavy (non-hydrogen) atoms. The predicted molar refractivity (Wildman–Crippen MR) is 191 cm³/mol. The number of nitrogens with zero attached hydrogens (tertiary/aromatic N) is 5. The summed E-state index contributed by atoms with van der Waals surface area (Å²) in [5.41, 5.74) is 6.42. The van der Waals surface area contributed by atoms with Crippen LogP contribution in [0.15, 0.2) is 121 Å². The average molecular weight is 626 g/mol. The number of fused-ring (bicyclic) bond motifs is 3. The number of nitriles is 1. The van der Waals surface area contributed by atoms with Crippen molar-refractivity contribution in [2.24, 2.45) is 0 Å². The number of hydrogen-bond acceptors (Lipinski definition) is 6. The largest absolute Gasteiger partial charge is 0.494 e. The second-order valence-electron chi connectivity index (χ2n) is 13.1. The van der Waals surface area contributed by atoms with Crippen LogP contribution in [0.3, 0.4) is 0 Å². The number of para-hydroxylation sites is 2. The Balaban J connectivity index is 1.22. The van der Waals surface area contributed by atoms with E-state index in [4.69, 9.17) is 24.3 Å². The zero-order chi connectivity index (χ0) is 33.0. The molecule has 8 heteroatoms. The Labute approximate surface area is 279 Å². The molecule has 0 radical (unpaired) electrons. The fourth-order valence-corrected chi connectivity index (χ4v) is 6.24.